The third kappa shape index (κ3) is 5.39. The van der Waals surface area contributed by atoms with Gasteiger partial charge in [0.25, 0.3) is 0 Å². The van der Waals surface area contributed by atoms with E-state index in [4.69, 9.17) is 79.1 Å². The highest BCUT2D eigenvalue weighted by Gasteiger charge is 2.66. The van der Waals surface area contributed by atoms with E-state index in [2.05, 4.69) is 24.3 Å². The summed E-state index contributed by atoms with van der Waals surface area (Å²) in [6.45, 7) is 0.490. The summed E-state index contributed by atoms with van der Waals surface area (Å²) >= 11 is 39.5. The molecule has 0 amide bonds. The lowest BCUT2D eigenvalue weighted by molar-refractivity contribution is 0.237. The van der Waals surface area contributed by atoms with Gasteiger partial charge in [0, 0.05) is 30.1 Å². The molecule has 0 bridgehead atoms. The largest absolute Gasteiger partial charge is 0.361 e. The van der Waals surface area contributed by atoms with Gasteiger partial charge in [-0.3, -0.25) is 0 Å². The SMILES string of the molecule is Clc1ccc(C=C2c3cc(Cl)ccc3-c3c2cc(Cl)cc3C2OC2C2(c3cc(Cl)cc4c3-c3cc(Cl)ccc3C4=Cc3ccc(Cl)cc3)CO2)cc1. The summed E-state index contributed by atoms with van der Waals surface area (Å²) in [5, 5.41) is 3.92. The lowest BCUT2D eigenvalue weighted by atomic mass is 9.85. The Hall–Kier alpha value is -3.54. The number of rotatable bonds is 5. The van der Waals surface area contributed by atoms with Crippen molar-refractivity contribution >= 4 is 92.9 Å². The summed E-state index contributed by atoms with van der Waals surface area (Å²) in [5.41, 5.74) is 13.8. The average molecular weight is 797 g/mol. The van der Waals surface area contributed by atoms with Gasteiger partial charge in [-0.15, -0.1) is 0 Å². The molecule has 3 unspecified atom stereocenters. The highest BCUT2D eigenvalue weighted by molar-refractivity contribution is 6.33. The number of benzene rings is 6. The molecule has 2 saturated heterocycles. The van der Waals surface area contributed by atoms with Gasteiger partial charge in [-0.1, -0.05) is 106 Å². The van der Waals surface area contributed by atoms with Crippen LogP contribution in [0, 0.1) is 0 Å². The van der Waals surface area contributed by atoms with Crippen LogP contribution in [0.2, 0.25) is 30.1 Å². The zero-order chi connectivity index (χ0) is 35.5. The molecule has 52 heavy (non-hydrogen) atoms. The molecule has 2 aliphatic heterocycles. The second-order valence-corrected chi connectivity index (χ2v) is 16.2. The van der Waals surface area contributed by atoms with Crippen LogP contribution < -0.4 is 0 Å². The molecule has 4 aliphatic rings. The zero-order valence-corrected chi connectivity index (χ0v) is 31.5. The molecule has 3 atom stereocenters. The zero-order valence-electron chi connectivity index (χ0n) is 27.0. The van der Waals surface area contributed by atoms with E-state index >= 15 is 0 Å². The molecule has 0 saturated carbocycles. The Morgan fingerprint density at radius 1 is 0.481 bits per heavy atom. The van der Waals surface area contributed by atoms with E-state index < -0.39 is 5.60 Å². The van der Waals surface area contributed by atoms with Gasteiger partial charge in [0.1, 0.15) is 17.8 Å². The Morgan fingerprint density at radius 2 is 0.981 bits per heavy atom. The second kappa shape index (κ2) is 12.2. The van der Waals surface area contributed by atoms with E-state index in [0.717, 1.165) is 77.9 Å². The smallest absolute Gasteiger partial charge is 0.146 e. The predicted molar refractivity (Wildman–Crippen MR) is 216 cm³/mol. The van der Waals surface area contributed by atoms with Crippen molar-refractivity contribution in [1.82, 2.24) is 0 Å². The molecule has 2 nitrogen and oxygen atoms in total. The van der Waals surface area contributed by atoms with Crippen molar-refractivity contribution in [2.24, 2.45) is 0 Å². The standard InChI is InChI=1S/C44H24Cl6O2/c45-24-5-1-22(2-6-24)13-32-30-11-9-27(48)16-35(30)41-37(32)18-29(50)20-39(41)44(21-51-44)43-42(52-43)38-19-28(49)17-36-33(14-23-3-7-25(46)8-4-23)34-15-26(47)10-12-31(34)40(36)38/h1-20,42-43H,21H2. The maximum absolute atomic E-state index is 6.95. The minimum atomic E-state index is -0.715. The van der Waals surface area contributed by atoms with E-state index in [1.807, 2.05) is 97.1 Å². The number of hydrogen-bond acceptors (Lipinski definition) is 2. The first-order valence-corrected chi connectivity index (χ1v) is 19.0. The van der Waals surface area contributed by atoms with Crippen molar-refractivity contribution < 1.29 is 9.47 Å². The van der Waals surface area contributed by atoms with Crippen LogP contribution in [-0.2, 0) is 15.1 Å². The summed E-state index contributed by atoms with van der Waals surface area (Å²) in [4.78, 5) is 0. The fourth-order valence-electron chi connectivity index (χ4n) is 8.03. The molecule has 0 aromatic heterocycles. The van der Waals surface area contributed by atoms with E-state index in [1.54, 1.807) is 0 Å². The Balaban J connectivity index is 1.10. The van der Waals surface area contributed by atoms with E-state index in [-0.39, 0.29) is 12.2 Å². The van der Waals surface area contributed by atoms with Crippen LogP contribution in [0.5, 0.6) is 0 Å². The lowest BCUT2D eigenvalue weighted by Gasteiger charge is -2.17. The van der Waals surface area contributed by atoms with Crippen molar-refractivity contribution in [1.29, 1.82) is 0 Å². The molecule has 8 heteroatoms. The Labute approximate surface area is 330 Å². The molecule has 0 N–H and O–H groups in total. The number of halogens is 6. The highest BCUT2D eigenvalue weighted by atomic mass is 35.5. The van der Waals surface area contributed by atoms with Crippen LogP contribution in [-0.4, -0.2) is 12.7 Å². The first kappa shape index (κ1) is 33.1. The maximum Gasteiger partial charge on any atom is 0.146 e. The summed E-state index contributed by atoms with van der Waals surface area (Å²) in [6.07, 6.45) is 3.78. The molecule has 2 aliphatic carbocycles. The van der Waals surface area contributed by atoms with Gasteiger partial charge in [0.2, 0.25) is 0 Å². The fraction of sp³-hybridized carbons (Fsp3) is 0.0909. The van der Waals surface area contributed by atoms with Gasteiger partial charge in [-0.25, -0.2) is 0 Å². The molecule has 6 aromatic carbocycles. The van der Waals surface area contributed by atoms with E-state index in [1.165, 1.54) is 0 Å². The summed E-state index contributed by atoms with van der Waals surface area (Å²) < 4.78 is 13.1. The first-order chi connectivity index (χ1) is 25.2. The number of fused-ring (bicyclic) bond motifs is 6. The van der Waals surface area contributed by atoms with Gasteiger partial charge in [-0.05, 0) is 163 Å². The van der Waals surface area contributed by atoms with Crippen molar-refractivity contribution in [3.8, 4) is 22.3 Å². The quantitative estimate of drug-likeness (QED) is 0.162. The molecular formula is C44H24Cl6O2. The number of hydrogen-bond donors (Lipinski definition) is 0. The van der Waals surface area contributed by atoms with Crippen molar-refractivity contribution in [2.45, 2.75) is 17.8 Å². The van der Waals surface area contributed by atoms with E-state index in [0.29, 0.717) is 36.7 Å². The topological polar surface area (TPSA) is 25.1 Å². The van der Waals surface area contributed by atoms with E-state index in [9.17, 15) is 0 Å². The second-order valence-electron chi connectivity index (χ2n) is 13.5. The van der Waals surface area contributed by atoms with Crippen molar-refractivity contribution in [3.05, 3.63) is 184 Å². The third-order valence-corrected chi connectivity index (χ3v) is 11.8. The minimum absolute atomic E-state index is 0.271. The molecular weight excluding hydrogens is 773 g/mol. The Bertz CT molecular complexity index is 2570. The van der Waals surface area contributed by atoms with Gasteiger partial charge in [-0.2, -0.15) is 0 Å². The number of epoxide rings is 2. The molecule has 254 valence electrons. The van der Waals surface area contributed by atoms with Gasteiger partial charge >= 0.3 is 0 Å². The predicted octanol–water partition coefficient (Wildman–Crippen LogP) is 14.1. The Morgan fingerprint density at radius 3 is 1.60 bits per heavy atom. The highest BCUT2D eigenvalue weighted by Crippen LogP contribution is 2.63. The van der Waals surface area contributed by atoms with Crippen LogP contribution in [0.25, 0.3) is 45.6 Å². The number of ether oxygens (including phenoxy) is 2. The summed E-state index contributed by atoms with van der Waals surface area (Å²) in [7, 11) is 0. The first-order valence-electron chi connectivity index (χ1n) is 16.7. The van der Waals surface area contributed by atoms with Crippen LogP contribution in [0.4, 0.5) is 0 Å². The van der Waals surface area contributed by atoms with Crippen LogP contribution in [0.3, 0.4) is 0 Å². The minimum Gasteiger partial charge on any atom is -0.361 e. The monoisotopic (exact) mass is 794 g/mol. The normalized spacial score (nSPS) is 22.0. The van der Waals surface area contributed by atoms with Crippen LogP contribution in [0.1, 0.15) is 50.6 Å². The Kier molecular flexibility index (Phi) is 7.79. The lowest BCUT2D eigenvalue weighted by Crippen LogP contribution is -2.19. The molecule has 0 spiro atoms. The molecule has 0 radical (unpaired) electrons. The van der Waals surface area contributed by atoms with Crippen molar-refractivity contribution in [3.63, 3.8) is 0 Å². The fourth-order valence-corrected chi connectivity index (χ4v) is 9.07. The van der Waals surface area contributed by atoms with Crippen LogP contribution >= 0.6 is 69.6 Å². The van der Waals surface area contributed by atoms with Crippen LogP contribution in [0.15, 0.2) is 109 Å². The van der Waals surface area contributed by atoms with Crippen molar-refractivity contribution in [2.75, 3.05) is 6.61 Å². The van der Waals surface area contributed by atoms with Gasteiger partial charge in [0.15, 0.2) is 0 Å². The molecule has 2 fully saturated rings. The molecule has 6 aromatic rings. The van der Waals surface area contributed by atoms with Gasteiger partial charge < -0.3 is 9.47 Å². The average Bonchev–Trinajstić information content (AvgIpc) is 4.05. The maximum atomic E-state index is 6.95. The summed E-state index contributed by atoms with van der Waals surface area (Å²) in [5.74, 6) is 0. The summed E-state index contributed by atoms with van der Waals surface area (Å²) in [6, 6.07) is 35.7. The molecule has 10 rings (SSSR count). The van der Waals surface area contributed by atoms with Gasteiger partial charge in [0.05, 0.1) is 6.61 Å². The molecule has 2 heterocycles. The third-order valence-electron chi connectivity index (χ3n) is 10.4.